The summed E-state index contributed by atoms with van der Waals surface area (Å²) in [6, 6.07) is 8.65. The summed E-state index contributed by atoms with van der Waals surface area (Å²) in [4.78, 5) is 40.8. The molecule has 0 bridgehead atoms. The molecule has 1 heterocycles. The van der Waals surface area contributed by atoms with Crippen molar-refractivity contribution in [1.82, 2.24) is 10.2 Å². The number of ether oxygens (including phenoxy) is 2. The van der Waals surface area contributed by atoms with Gasteiger partial charge in [-0.15, -0.1) is 0 Å². The molecule has 0 aliphatic carbocycles. The number of hydrogen-bond acceptors (Lipinski definition) is 5. The summed E-state index contributed by atoms with van der Waals surface area (Å²) < 4.78 is 23.9. The van der Waals surface area contributed by atoms with Gasteiger partial charge >= 0.3 is 6.03 Å². The molecule has 0 spiro atoms. The lowest BCUT2D eigenvalue weighted by Gasteiger charge is -2.22. The fourth-order valence-corrected chi connectivity index (χ4v) is 3.46. The van der Waals surface area contributed by atoms with Crippen LogP contribution in [0.15, 0.2) is 42.5 Å². The van der Waals surface area contributed by atoms with E-state index in [9.17, 15) is 18.8 Å². The van der Waals surface area contributed by atoms with Crippen molar-refractivity contribution in [2.45, 2.75) is 25.9 Å². The highest BCUT2D eigenvalue weighted by Gasteiger charge is 2.46. The van der Waals surface area contributed by atoms with Crippen molar-refractivity contribution >= 4 is 23.5 Å². The average Bonchev–Trinajstić information content (AvgIpc) is 2.98. The molecule has 1 atom stereocenters. The molecule has 1 N–H and O–H groups in total. The number of halogens is 1. The topological polar surface area (TPSA) is 88.2 Å². The van der Waals surface area contributed by atoms with Crippen LogP contribution in [-0.2, 0) is 16.1 Å². The van der Waals surface area contributed by atoms with Crippen LogP contribution in [0.2, 0.25) is 0 Å². The van der Waals surface area contributed by atoms with Crippen LogP contribution in [0.5, 0.6) is 11.5 Å². The third-order valence-corrected chi connectivity index (χ3v) is 4.96. The Morgan fingerprint density at radius 3 is 2.35 bits per heavy atom. The number of nitrogens with one attached hydrogen (secondary N) is 1. The van der Waals surface area contributed by atoms with Gasteiger partial charge in [0, 0.05) is 13.1 Å². The summed E-state index contributed by atoms with van der Waals surface area (Å²) in [5.41, 5.74) is 0.938. The number of carbonyl (C=O) groups is 3. The zero-order valence-electron chi connectivity index (χ0n) is 17.6. The molecule has 0 radical (unpaired) electrons. The number of carbonyl (C=O) groups excluding carboxylic acids is 3. The molecule has 1 aliphatic rings. The van der Waals surface area contributed by atoms with E-state index in [-0.39, 0.29) is 24.6 Å². The third kappa shape index (κ3) is 4.60. The first-order chi connectivity index (χ1) is 14.9. The first-order valence-corrected chi connectivity index (χ1v) is 9.77. The third-order valence-electron chi connectivity index (χ3n) is 4.96. The highest BCUT2D eigenvalue weighted by molar-refractivity contribution is 6.22. The fourth-order valence-electron chi connectivity index (χ4n) is 3.46. The maximum Gasteiger partial charge on any atom is 0.332 e. The molecule has 31 heavy (non-hydrogen) atoms. The molecule has 2 aromatic carbocycles. The lowest BCUT2D eigenvalue weighted by Crippen LogP contribution is -2.39. The lowest BCUT2D eigenvalue weighted by molar-refractivity contribution is -0.127. The van der Waals surface area contributed by atoms with Crippen LogP contribution in [0.1, 0.15) is 18.9 Å². The van der Waals surface area contributed by atoms with Crippen molar-refractivity contribution < 1.29 is 28.2 Å². The van der Waals surface area contributed by atoms with Gasteiger partial charge in [-0.25, -0.2) is 14.1 Å². The summed E-state index contributed by atoms with van der Waals surface area (Å²) in [6.07, 6.45) is -0.177. The molecule has 3 rings (SSSR count). The zero-order chi connectivity index (χ0) is 22.5. The number of benzene rings is 2. The number of rotatable bonds is 8. The Morgan fingerprint density at radius 2 is 1.74 bits per heavy atom. The average molecular weight is 429 g/mol. The van der Waals surface area contributed by atoms with Crippen molar-refractivity contribution in [3.05, 3.63) is 53.8 Å². The van der Waals surface area contributed by atoms with Crippen LogP contribution in [-0.4, -0.2) is 49.6 Å². The standard InChI is InChI=1S/C22H24FN3O5/c1-4-24-20(27)12-17-21(28)26(16-8-6-15(23)7-9-16)22(29)25(17)13-14-5-10-18(30-2)19(11-14)31-3/h5-11,17H,4,12-13H2,1-3H3,(H,24,27)/t17-/m0/s1. The molecular formula is C22H24FN3O5. The van der Waals surface area contributed by atoms with Gasteiger partial charge in [0.25, 0.3) is 5.91 Å². The minimum absolute atomic E-state index is 0.0761. The highest BCUT2D eigenvalue weighted by atomic mass is 19.1. The van der Waals surface area contributed by atoms with Gasteiger partial charge in [0.05, 0.1) is 26.3 Å². The second-order valence-electron chi connectivity index (χ2n) is 6.92. The number of hydrogen-bond donors (Lipinski definition) is 1. The largest absolute Gasteiger partial charge is 0.493 e. The van der Waals surface area contributed by atoms with E-state index >= 15 is 0 Å². The molecular weight excluding hydrogens is 405 g/mol. The predicted octanol–water partition coefficient (Wildman–Crippen LogP) is 2.71. The Morgan fingerprint density at radius 1 is 1.06 bits per heavy atom. The first kappa shape index (κ1) is 22.1. The van der Waals surface area contributed by atoms with Crippen LogP contribution < -0.4 is 19.7 Å². The minimum Gasteiger partial charge on any atom is -0.493 e. The Bertz CT molecular complexity index is 980. The van der Waals surface area contributed by atoms with Crippen molar-refractivity contribution in [2.24, 2.45) is 0 Å². The molecule has 1 fully saturated rings. The number of imide groups is 1. The molecule has 8 nitrogen and oxygen atoms in total. The first-order valence-electron chi connectivity index (χ1n) is 9.77. The van der Waals surface area contributed by atoms with Crippen LogP contribution in [0.3, 0.4) is 0 Å². The summed E-state index contributed by atoms with van der Waals surface area (Å²) >= 11 is 0. The van der Waals surface area contributed by atoms with Crippen molar-refractivity contribution in [3.8, 4) is 11.5 Å². The van der Waals surface area contributed by atoms with Gasteiger partial charge in [-0.2, -0.15) is 0 Å². The summed E-state index contributed by atoms with van der Waals surface area (Å²) in [5.74, 6) is -0.352. The van der Waals surface area contributed by atoms with E-state index in [1.54, 1.807) is 25.1 Å². The maximum absolute atomic E-state index is 13.3. The molecule has 0 unspecified atom stereocenters. The van der Waals surface area contributed by atoms with E-state index in [1.807, 2.05) is 0 Å². The van der Waals surface area contributed by atoms with Gasteiger partial charge in [0.1, 0.15) is 11.9 Å². The van der Waals surface area contributed by atoms with Crippen LogP contribution in [0.4, 0.5) is 14.9 Å². The van der Waals surface area contributed by atoms with Crippen LogP contribution in [0.25, 0.3) is 0 Å². The Kier molecular flexibility index (Phi) is 6.74. The van der Waals surface area contributed by atoms with Gasteiger partial charge in [0.15, 0.2) is 11.5 Å². The Balaban J connectivity index is 1.94. The second-order valence-corrected chi connectivity index (χ2v) is 6.92. The SMILES string of the molecule is CCNC(=O)C[C@H]1C(=O)N(c2ccc(F)cc2)C(=O)N1Cc1ccc(OC)c(OC)c1. The normalized spacial score (nSPS) is 15.9. The number of methoxy groups -OCH3 is 2. The quantitative estimate of drug-likeness (QED) is 0.652. The van der Waals surface area contributed by atoms with E-state index in [0.29, 0.717) is 23.6 Å². The van der Waals surface area contributed by atoms with Gasteiger partial charge < -0.3 is 19.7 Å². The van der Waals surface area contributed by atoms with Gasteiger partial charge in [-0.05, 0) is 48.9 Å². The summed E-state index contributed by atoms with van der Waals surface area (Å²) in [6.45, 7) is 2.25. The van der Waals surface area contributed by atoms with Crippen molar-refractivity contribution in [2.75, 3.05) is 25.7 Å². The Labute approximate surface area is 179 Å². The lowest BCUT2D eigenvalue weighted by atomic mass is 10.1. The van der Waals surface area contributed by atoms with E-state index in [4.69, 9.17) is 9.47 Å². The predicted molar refractivity (Wildman–Crippen MR) is 111 cm³/mol. The summed E-state index contributed by atoms with van der Waals surface area (Å²) in [5, 5.41) is 2.65. The molecule has 2 aromatic rings. The van der Waals surface area contributed by atoms with Gasteiger partial charge in [-0.1, -0.05) is 6.07 Å². The highest BCUT2D eigenvalue weighted by Crippen LogP contribution is 2.31. The van der Waals surface area contributed by atoms with E-state index in [2.05, 4.69) is 5.32 Å². The number of urea groups is 1. The zero-order valence-corrected chi connectivity index (χ0v) is 17.6. The van der Waals surface area contributed by atoms with Gasteiger partial charge in [-0.3, -0.25) is 9.59 Å². The molecule has 4 amide bonds. The molecule has 0 aromatic heterocycles. The minimum atomic E-state index is -0.989. The second kappa shape index (κ2) is 9.46. The molecule has 164 valence electrons. The molecule has 0 saturated carbocycles. The van der Waals surface area contributed by atoms with Crippen LogP contribution >= 0.6 is 0 Å². The number of anilines is 1. The smallest absolute Gasteiger partial charge is 0.332 e. The van der Waals surface area contributed by atoms with Crippen LogP contribution in [0, 0.1) is 5.82 Å². The Hall–Kier alpha value is -3.62. The van der Waals surface area contributed by atoms with E-state index in [0.717, 1.165) is 4.90 Å². The molecule has 1 saturated heterocycles. The van der Waals surface area contributed by atoms with E-state index < -0.39 is 23.8 Å². The monoisotopic (exact) mass is 429 g/mol. The van der Waals surface area contributed by atoms with E-state index in [1.165, 1.54) is 43.4 Å². The summed E-state index contributed by atoms with van der Waals surface area (Å²) in [7, 11) is 3.02. The van der Waals surface area contributed by atoms with Crippen molar-refractivity contribution in [3.63, 3.8) is 0 Å². The number of amides is 4. The maximum atomic E-state index is 13.3. The molecule has 1 aliphatic heterocycles. The number of nitrogens with zero attached hydrogens (tertiary/aromatic N) is 2. The van der Waals surface area contributed by atoms with Gasteiger partial charge in [0.2, 0.25) is 5.91 Å². The fraction of sp³-hybridized carbons (Fsp3) is 0.318. The van der Waals surface area contributed by atoms with Crippen molar-refractivity contribution in [1.29, 1.82) is 0 Å². The molecule has 9 heteroatoms.